The van der Waals surface area contributed by atoms with Gasteiger partial charge in [0.1, 0.15) is 17.5 Å². The average molecular weight is 365 g/mol. The number of ether oxygens (including phenoxy) is 1. The Morgan fingerprint density at radius 1 is 1.32 bits per heavy atom. The van der Waals surface area contributed by atoms with Gasteiger partial charge in [-0.05, 0) is 38.1 Å². The molecule has 2 unspecified atom stereocenters. The van der Waals surface area contributed by atoms with Gasteiger partial charge in [-0.2, -0.15) is 0 Å². The number of benzene rings is 1. The number of rotatable bonds is 2. The van der Waals surface area contributed by atoms with Gasteiger partial charge in [-0.15, -0.1) is 0 Å². The van der Waals surface area contributed by atoms with Gasteiger partial charge in [-0.1, -0.05) is 15.9 Å². The van der Waals surface area contributed by atoms with Crippen LogP contribution in [0.2, 0.25) is 0 Å². The molecule has 0 spiro atoms. The number of nitrogens with one attached hydrogen (secondary N) is 2. The number of H-pyrrole nitrogens is 1. The molecule has 0 radical (unpaired) electrons. The van der Waals surface area contributed by atoms with Crippen molar-refractivity contribution in [3.63, 3.8) is 0 Å². The Labute approximate surface area is 136 Å². The summed E-state index contributed by atoms with van der Waals surface area (Å²) in [6.07, 6.45) is 0.803. The van der Waals surface area contributed by atoms with E-state index in [1.807, 2.05) is 32.0 Å². The van der Waals surface area contributed by atoms with Crippen molar-refractivity contribution in [3.8, 4) is 5.75 Å². The summed E-state index contributed by atoms with van der Waals surface area (Å²) < 4.78 is 6.80. The van der Waals surface area contributed by atoms with Crippen LogP contribution in [0.4, 0.5) is 5.69 Å². The molecule has 1 aliphatic heterocycles. The lowest BCUT2D eigenvalue weighted by molar-refractivity contribution is -0.0532. The number of hydrogen-bond donors (Lipinski definition) is 3. The maximum atomic E-state index is 11.5. The number of aliphatic hydroxyl groups excluding tert-OH is 1. The average Bonchev–Trinajstić information content (AvgIpc) is 2.45. The van der Waals surface area contributed by atoms with Gasteiger partial charge in [0.15, 0.2) is 0 Å². The minimum Gasteiger partial charge on any atom is -0.485 e. The van der Waals surface area contributed by atoms with Crippen molar-refractivity contribution in [1.82, 2.24) is 4.98 Å². The van der Waals surface area contributed by atoms with Crippen LogP contribution in [0.3, 0.4) is 0 Å². The maximum absolute atomic E-state index is 11.5. The molecule has 0 fully saturated rings. The van der Waals surface area contributed by atoms with Gasteiger partial charge in [0.25, 0.3) is 0 Å². The Balaban J connectivity index is 2.04. The Hall–Kier alpha value is -1.79. The summed E-state index contributed by atoms with van der Waals surface area (Å²) in [4.78, 5) is 14.0. The van der Waals surface area contributed by atoms with E-state index in [4.69, 9.17) is 4.74 Å². The molecule has 2 heterocycles. The second-order valence-electron chi connectivity index (χ2n) is 5.90. The summed E-state index contributed by atoms with van der Waals surface area (Å²) in [6.45, 7) is 3.68. The van der Waals surface area contributed by atoms with E-state index in [2.05, 4.69) is 26.2 Å². The van der Waals surface area contributed by atoms with Crippen molar-refractivity contribution in [2.75, 3.05) is 5.32 Å². The van der Waals surface area contributed by atoms with Crippen molar-refractivity contribution in [2.45, 2.75) is 31.6 Å². The molecule has 1 aromatic heterocycles. The quantitative estimate of drug-likeness (QED) is 0.765. The van der Waals surface area contributed by atoms with Gasteiger partial charge in [0.05, 0.1) is 6.04 Å². The summed E-state index contributed by atoms with van der Waals surface area (Å²) in [5, 5.41) is 13.9. The fourth-order valence-electron chi connectivity index (χ4n) is 2.64. The lowest BCUT2D eigenvalue weighted by Gasteiger charge is -2.42. The van der Waals surface area contributed by atoms with E-state index in [1.54, 1.807) is 12.3 Å². The second-order valence-corrected chi connectivity index (χ2v) is 6.81. The van der Waals surface area contributed by atoms with E-state index >= 15 is 0 Å². The van der Waals surface area contributed by atoms with Crippen LogP contribution in [0.5, 0.6) is 5.75 Å². The summed E-state index contributed by atoms with van der Waals surface area (Å²) in [6, 6.07) is 8.54. The van der Waals surface area contributed by atoms with Crippen molar-refractivity contribution < 1.29 is 9.84 Å². The fraction of sp³-hybridized carbons (Fsp3) is 0.312. The number of aromatic amines is 1. The number of hydrogen-bond acceptors (Lipinski definition) is 4. The Kier molecular flexibility index (Phi) is 3.74. The highest BCUT2D eigenvalue weighted by atomic mass is 79.9. The molecule has 3 rings (SSSR count). The van der Waals surface area contributed by atoms with Crippen molar-refractivity contribution >= 4 is 21.6 Å². The van der Waals surface area contributed by atoms with Crippen LogP contribution in [0.1, 0.15) is 25.5 Å². The number of anilines is 1. The van der Waals surface area contributed by atoms with Gasteiger partial charge >= 0.3 is 0 Å². The molecule has 6 heteroatoms. The number of pyridine rings is 1. The highest BCUT2D eigenvalue weighted by Crippen LogP contribution is 2.42. The molecule has 0 saturated heterocycles. The van der Waals surface area contributed by atoms with Crippen LogP contribution >= 0.6 is 15.9 Å². The van der Waals surface area contributed by atoms with Gasteiger partial charge in [-0.25, -0.2) is 0 Å². The summed E-state index contributed by atoms with van der Waals surface area (Å²) in [7, 11) is 0. The first-order chi connectivity index (χ1) is 10.4. The molecule has 1 aliphatic rings. The molecule has 116 valence electrons. The van der Waals surface area contributed by atoms with E-state index in [-0.39, 0.29) is 11.6 Å². The topological polar surface area (TPSA) is 74.3 Å². The van der Waals surface area contributed by atoms with Crippen LogP contribution in [-0.4, -0.2) is 21.8 Å². The first-order valence-corrected chi connectivity index (χ1v) is 7.78. The third-order valence-electron chi connectivity index (χ3n) is 3.81. The molecule has 0 amide bonds. The predicted molar refractivity (Wildman–Crippen MR) is 88.3 cm³/mol. The minimum absolute atomic E-state index is 0.194. The molecule has 3 N–H and O–H groups in total. The molecule has 22 heavy (non-hydrogen) atoms. The highest BCUT2D eigenvalue weighted by molar-refractivity contribution is 9.10. The first kappa shape index (κ1) is 15.1. The molecule has 0 aliphatic carbocycles. The van der Waals surface area contributed by atoms with Crippen LogP contribution in [0, 0.1) is 0 Å². The minimum atomic E-state index is -0.770. The Bertz CT molecular complexity index is 757. The Morgan fingerprint density at radius 3 is 2.82 bits per heavy atom. The van der Waals surface area contributed by atoms with Crippen molar-refractivity contribution in [3.05, 3.63) is 56.9 Å². The largest absolute Gasteiger partial charge is 0.485 e. The van der Waals surface area contributed by atoms with E-state index < -0.39 is 11.7 Å². The third-order valence-corrected chi connectivity index (χ3v) is 4.30. The highest BCUT2D eigenvalue weighted by Gasteiger charge is 2.43. The summed E-state index contributed by atoms with van der Waals surface area (Å²) in [5.74, 6) is 0.723. The van der Waals surface area contributed by atoms with E-state index in [0.29, 0.717) is 5.69 Å². The van der Waals surface area contributed by atoms with Crippen molar-refractivity contribution in [1.29, 1.82) is 0 Å². The monoisotopic (exact) mass is 364 g/mol. The summed E-state index contributed by atoms with van der Waals surface area (Å²) in [5.41, 5.74) is 0.567. The number of aromatic nitrogens is 1. The van der Waals surface area contributed by atoms with E-state index in [9.17, 15) is 9.90 Å². The van der Waals surface area contributed by atoms with Gasteiger partial charge in [0.2, 0.25) is 5.56 Å². The second kappa shape index (κ2) is 5.44. The predicted octanol–water partition coefficient (Wildman–Crippen LogP) is 2.82. The van der Waals surface area contributed by atoms with Crippen LogP contribution in [0.15, 0.2) is 45.8 Å². The number of aliphatic hydroxyl groups is 1. The first-order valence-electron chi connectivity index (χ1n) is 6.98. The van der Waals surface area contributed by atoms with E-state index in [0.717, 1.165) is 15.8 Å². The molecular formula is C16H17BrN2O3. The van der Waals surface area contributed by atoms with Gasteiger partial charge in [0, 0.05) is 28.0 Å². The zero-order valence-electron chi connectivity index (χ0n) is 12.3. The van der Waals surface area contributed by atoms with Crippen LogP contribution in [0.25, 0.3) is 0 Å². The molecule has 2 aromatic rings. The lowest BCUT2D eigenvalue weighted by Crippen LogP contribution is -2.50. The molecular weight excluding hydrogens is 348 g/mol. The molecule has 2 atom stereocenters. The van der Waals surface area contributed by atoms with Crippen molar-refractivity contribution in [2.24, 2.45) is 0 Å². The van der Waals surface area contributed by atoms with Gasteiger partial charge in [-0.3, -0.25) is 4.79 Å². The normalized spacial score (nSPS) is 22.5. The smallest absolute Gasteiger partial charge is 0.249 e. The molecule has 0 bridgehead atoms. The molecule has 1 aromatic carbocycles. The summed E-state index contributed by atoms with van der Waals surface area (Å²) >= 11 is 3.44. The van der Waals surface area contributed by atoms with Crippen LogP contribution in [-0.2, 0) is 0 Å². The van der Waals surface area contributed by atoms with E-state index in [1.165, 1.54) is 6.07 Å². The Morgan fingerprint density at radius 2 is 2.09 bits per heavy atom. The maximum Gasteiger partial charge on any atom is 0.249 e. The fourth-order valence-corrected chi connectivity index (χ4v) is 3.02. The molecule has 0 saturated carbocycles. The lowest BCUT2D eigenvalue weighted by atomic mass is 9.86. The SMILES string of the molecule is CC1(C)Oc2ccc(Br)cc2C(Nc2cc[nH]c(=O)c2)C1O. The van der Waals surface area contributed by atoms with Crippen LogP contribution < -0.4 is 15.6 Å². The number of halogens is 1. The molecule has 5 nitrogen and oxygen atoms in total. The third kappa shape index (κ3) is 2.76. The van der Waals surface area contributed by atoms with Gasteiger partial charge < -0.3 is 20.1 Å². The number of fused-ring (bicyclic) bond motifs is 1. The zero-order valence-corrected chi connectivity index (χ0v) is 13.8. The zero-order chi connectivity index (χ0) is 15.9. The standard InChI is InChI=1S/C16H17BrN2O3/c1-16(2)15(21)14(19-10-5-6-18-13(20)8-10)11-7-9(17)3-4-12(11)22-16/h3-8,14-15,21H,1-2H3,(H2,18,19,20).